The molecular formula is C10H8N2O2S. The van der Waals surface area contributed by atoms with E-state index in [2.05, 4.69) is 9.97 Å². The molecule has 0 atom stereocenters. The van der Waals surface area contributed by atoms with E-state index in [-0.39, 0.29) is 5.75 Å². The molecule has 1 aromatic carbocycles. The van der Waals surface area contributed by atoms with Gasteiger partial charge in [0.2, 0.25) is 0 Å². The predicted molar refractivity (Wildman–Crippen MR) is 57.6 cm³/mol. The first-order chi connectivity index (χ1) is 7.24. The normalized spacial score (nSPS) is 9.87. The second kappa shape index (κ2) is 4.10. The Bertz CT molecular complexity index is 504. The summed E-state index contributed by atoms with van der Waals surface area (Å²) in [5, 5.41) is 9.22. The summed E-state index contributed by atoms with van der Waals surface area (Å²) < 4.78 is 5.82. The summed E-state index contributed by atoms with van der Waals surface area (Å²) in [4.78, 5) is 6.62. The number of phenols is 1. The fourth-order valence-electron chi connectivity index (χ4n) is 1.07. The smallest absolute Gasteiger partial charge is 0.196 e. The molecule has 0 spiro atoms. The van der Waals surface area contributed by atoms with Crippen molar-refractivity contribution in [1.82, 2.24) is 9.97 Å². The molecule has 0 aliphatic carbocycles. The number of hydrogen-bond acceptors (Lipinski definition) is 4. The second-order valence-electron chi connectivity index (χ2n) is 2.85. The van der Waals surface area contributed by atoms with Gasteiger partial charge in [0.25, 0.3) is 0 Å². The molecule has 0 saturated carbocycles. The van der Waals surface area contributed by atoms with Crippen LogP contribution in [0, 0.1) is 4.77 Å². The van der Waals surface area contributed by atoms with E-state index in [0.717, 1.165) is 0 Å². The van der Waals surface area contributed by atoms with E-state index in [1.165, 1.54) is 12.3 Å². The number of aromatic hydroxyl groups is 1. The summed E-state index contributed by atoms with van der Waals surface area (Å²) in [7, 11) is 0. The Hall–Kier alpha value is -1.88. The minimum Gasteiger partial charge on any atom is -0.508 e. The lowest BCUT2D eigenvalue weighted by Crippen LogP contribution is -1.87. The Morgan fingerprint density at radius 3 is 2.87 bits per heavy atom. The molecule has 2 rings (SSSR count). The van der Waals surface area contributed by atoms with Crippen molar-refractivity contribution in [1.29, 1.82) is 0 Å². The van der Waals surface area contributed by atoms with Gasteiger partial charge in [-0.15, -0.1) is 0 Å². The van der Waals surface area contributed by atoms with Crippen molar-refractivity contribution in [2.45, 2.75) is 0 Å². The topological polar surface area (TPSA) is 58.1 Å². The average Bonchev–Trinajstić information content (AvgIpc) is 2.22. The van der Waals surface area contributed by atoms with Gasteiger partial charge in [0, 0.05) is 12.3 Å². The van der Waals surface area contributed by atoms with Crippen LogP contribution in [-0.4, -0.2) is 15.1 Å². The molecule has 0 aliphatic rings. The van der Waals surface area contributed by atoms with E-state index in [9.17, 15) is 5.11 Å². The number of nitrogens with one attached hydrogen (secondary N) is 1. The van der Waals surface area contributed by atoms with Crippen molar-refractivity contribution in [3.63, 3.8) is 0 Å². The molecule has 5 heteroatoms. The second-order valence-corrected chi connectivity index (χ2v) is 3.24. The molecule has 1 heterocycles. The van der Waals surface area contributed by atoms with Gasteiger partial charge in [-0.1, -0.05) is 6.07 Å². The van der Waals surface area contributed by atoms with Gasteiger partial charge in [0.05, 0.1) is 6.20 Å². The summed E-state index contributed by atoms with van der Waals surface area (Å²) in [5.74, 6) is 1.24. The maximum Gasteiger partial charge on any atom is 0.196 e. The molecule has 76 valence electrons. The van der Waals surface area contributed by atoms with Gasteiger partial charge in [-0.2, -0.15) is 0 Å². The Morgan fingerprint density at radius 2 is 2.20 bits per heavy atom. The Labute approximate surface area is 91.2 Å². The number of rotatable bonds is 2. The summed E-state index contributed by atoms with van der Waals surface area (Å²) in [5.41, 5.74) is 0. The number of aromatic nitrogens is 2. The molecule has 2 N–H and O–H groups in total. The fourth-order valence-corrected chi connectivity index (χ4v) is 1.18. The SMILES string of the molecule is Oc1cccc(Oc2cnc(=S)[nH]c2)c1. The third-order valence-electron chi connectivity index (χ3n) is 1.70. The Balaban J connectivity index is 2.22. The maximum absolute atomic E-state index is 9.22. The van der Waals surface area contributed by atoms with Gasteiger partial charge in [0.1, 0.15) is 11.5 Å². The highest BCUT2D eigenvalue weighted by molar-refractivity contribution is 7.71. The van der Waals surface area contributed by atoms with E-state index in [1.54, 1.807) is 24.4 Å². The number of phenolic OH excluding ortho intramolecular Hbond substituents is 1. The first-order valence-electron chi connectivity index (χ1n) is 4.26. The number of aromatic amines is 1. The summed E-state index contributed by atoms with van der Waals surface area (Å²) in [6, 6.07) is 6.52. The molecule has 0 fully saturated rings. The summed E-state index contributed by atoms with van der Waals surface area (Å²) in [6.07, 6.45) is 3.13. The molecule has 0 amide bonds. The molecule has 1 aromatic heterocycles. The van der Waals surface area contributed by atoms with Crippen LogP contribution in [0.2, 0.25) is 0 Å². The Kier molecular flexibility index (Phi) is 2.64. The van der Waals surface area contributed by atoms with E-state index in [1.807, 2.05) is 0 Å². The van der Waals surface area contributed by atoms with Gasteiger partial charge in [-0.25, -0.2) is 4.98 Å². The van der Waals surface area contributed by atoms with Crippen LogP contribution in [0.25, 0.3) is 0 Å². The van der Waals surface area contributed by atoms with Crippen molar-refractivity contribution >= 4 is 12.2 Å². The van der Waals surface area contributed by atoms with Crippen LogP contribution in [0.3, 0.4) is 0 Å². The predicted octanol–water partition coefficient (Wildman–Crippen LogP) is 2.64. The third-order valence-corrected chi connectivity index (χ3v) is 1.92. The zero-order valence-corrected chi connectivity index (χ0v) is 8.49. The van der Waals surface area contributed by atoms with E-state index in [4.69, 9.17) is 17.0 Å². The van der Waals surface area contributed by atoms with Crippen molar-refractivity contribution in [2.75, 3.05) is 0 Å². The lowest BCUT2D eigenvalue weighted by atomic mass is 10.3. The van der Waals surface area contributed by atoms with Gasteiger partial charge < -0.3 is 14.8 Å². The fraction of sp³-hybridized carbons (Fsp3) is 0. The maximum atomic E-state index is 9.22. The first-order valence-corrected chi connectivity index (χ1v) is 4.66. The highest BCUT2D eigenvalue weighted by atomic mass is 32.1. The molecule has 0 bridgehead atoms. The summed E-state index contributed by atoms with van der Waals surface area (Å²) in [6.45, 7) is 0. The number of ether oxygens (including phenoxy) is 1. The van der Waals surface area contributed by atoms with Crippen LogP contribution in [-0.2, 0) is 0 Å². The minimum atomic E-state index is 0.157. The Morgan fingerprint density at radius 1 is 1.33 bits per heavy atom. The molecule has 0 radical (unpaired) electrons. The number of benzene rings is 1. The zero-order valence-electron chi connectivity index (χ0n) is 7.68. The van der Waals surface area contributed by atoms with Crippen molar-refractivity contribution < 1.29 is 9.84 Å². The van der Waals surface area contributed by atoms with Crippen molar-refractivity contribution in [3.8, 4) is 17.2 Å². The number of hydrogen-bond donors (Lipinski definition) is 2. The van der Waals surface area contributed by atoms with Crippen molar-refractivity contribution in [2.24, 2.45) is 0 Å². The van der Waals surface area contributed by atoms with Crippen LogP contribution < -0.4 is 4.74 Å². The first kappa shape index (κ1) is 9.67. The van der Waals surface area contributed by atoms with Crippen LogP contribution in [0.5, 0.6) is 17.2 Å². The molecule has 2 aromatic rings. The van der Waals surface area contributed by atoms with Crippen molar-refractivity contribution in [3.05, 3.63) is 41.4 Å². The molecular weight excluding hydrogens is 212 g/mol. The lowest BCUT2D eigenvalue weighted by molar-refractivity contribution is 0.453. The molecule has 15 heavy (non-hydrogen) atoms. The molecule has 0 aliphatic heterocycles. The van der Waals surface area contributed by atoms with Gasteiger partial charge >= 0.3 is 0 Å². The van der Waals surface area contributed by atoms with E-state index in [0.29, 0.717) is 16.3 Å². The standard InChI is InChI=1S/C10H8N2O2S/c13-7-2-1-3-8(4-7)14-9-5-11-10(15)12-6-9/h1-6,13H,(H,11,12,15). The lowest BCUT2D eigenvalue weighted by Gasteiger charge is -2.04. The number of nitrogens with zero attached hydrogens (tertiary/aromatic N) is 1. The average molecular weight is 220 g/mol. The summed E-state index contributed by atoms with van der Waals surface area (Å²) >= 11 is 4.79. The quantitative estimate of drug-likeness (QED) is 0.764. The van der Waals surface area contributed by atoms with Crippen LogP contribution in [0.15, 0.2) is 36.7 Å². The van der Waals surface area contributed by atoms with Crippen LogP contribution >= 0.6 is 12.2 Å². The molecule has 0 saturated heterocycles. The van der Waals surface area contributed by atoms with E-state index < -0.39 is 0 Å². The van der Waals surface area contributed by atoms with E-state index >= 15 is 0 Å². The van der Waals surface area contributed by atoms with Crippen LogP contribution in [0.4, 0.5) is 0 Å². The monoisotopic (exact) mass is 220 g/mol. The molecule has 4 nitrogen and oxygen atoms in total. The molecule has 0 unspecified atom stereocenters. The van der Waals surface area contributed by atoms with Gasteiger partial charge in [0.15, 0.2) is 10.5 Å². The van der Waals surface area contributed by atoms with Gasteiger partial charge in [-0.3, -0.25) is 0 Å². The van der Waals surface area contributed by atoms with Gasteiger partial charge in [-0.05, 0) is 24.4 Å². The third kappa shape index (κ3) is 2.54. The minimum absolute atomic E-state index is 0.157. The highest BCUT2D eigenvalue weighted by Gasteiger charge is 1.97. The highest BCUT2D eigenvalue weighted by Crippen LogP contribution is 2.22. The largest absolute Gasteiger partial charge is 0.508 e. The van der Waals surface area contributed by atoms with Crippen LogP contribution in [0.1, 0.15) is 0 Å². The number of H-pyrrole nitrogens is 1. The zero-order chi connectivity index (χ0) is 10.7.